The molecule has 0 aromatic heterocycles. The highest BCUT2D eigenvalue weighted by Gasteiger charge is 2.33. The SMILES string of the molecule is CCCCCCC(CCC)c1cccc2c1C(=O)OC2=O. The highest BCUT2D eigenvalue weighted by atomic mass is 16.6. The first kappa shape index (κ1) is 15.7. The minimum absolute atomic E-state index is 0.347. The van der Waals surface area contributed by atoms with Crippen molar-refractivity contribution in [2.45, 2.75) is 64.7 Å². The zero-order chi connectivity index (χ0) is 15.2. The van der Waals surface area contributed by atoms with Crippen molar-refractivity contribution < 1.29 is 14.3 Å². The first-order valence-electron chi connectivity index (χ1n) is 8.08. The molecule has 0 amide bonds. The summed E-state index contributed by atoms with van der Waals surface area (Å²) < 4.78 is 4.77. The summed E-state index contributed by atoms with van der Waals surface area (Å²) in [5, 5.41) is 0. The van der Waals surface area contributed by atoms with Crippen molar-refractivity contribution in [2.24, 2.45) is 0 Å². The summed E-state index contributed by atoms with van der Waals surface area (Å²) in [6.45, 7) is 4.36. The van der Waals surface area contributed by atoms with E-state index in [1.165, 1.54) is 25.7 Å². The summed E-state index contributed by atoms with van der Waals surface area (Å²) >= 11 is 0. The van der Waals surface area contributed by atoms with Crippen LogP contribution in [0.25, 0.3) is 0 Å². The lowest BCUT2D eigenvalue weighted by Crippen LogP contribution is -2.07. The Morgan fingerprint density at radius 1 is 0.952 bits per heavy atom. The van der Waals surface area contributed by atoms with Gasteiger partial charge in [0, 0.05) is 0 Å². The first-order chi connectivity index (χ1) is 10.2. The third-order valence-electron chi connectivity index (χ3n) is 4.19. The van der Waals surface area contributed by atoms with Crippen molar-refractivity contribution >= 4 is 11.9 Å². The standard InChI is InChI=1S/C18H24O3/c1-3-5-6-7-10-13(9-4-2)14-11-8-12-15-16(14)18(20)21-17(15)19/h8,11-13H,3-7,9-10H2,1-2H3. The fourth-order valence-corrected chi connectivity index (χ4v) is 3.12. The van der Waals surface area contributed by atoms with Gasteiger partial charge in [-0.3, -0.25) is 0 Å². The quantitative estimate of drug-likeness (QED) is 0.390. The van der Waals surface area contributed by atoms with Crippen LogP contribution >= 0.6 is 0 Å². The lowest BCUT2D eigenvalue weighted by molar-refractivity contribution is 0.0443. The summed E-state index contributed by atoms with van der Waals surface area (Å²) in [7, 11) is 0. The average Bonchev–Trinajstić information content (AvgIpc) is 2.78. The Morgan fingerprint density at radius 2 is 1.76 bits per heavy atom. The van der Waals surface area contributed by atoms with E-state index in [0.717, 1.165) is 24.8 Å². The molecule has 0 bridgehead atoms. The molecule has 0 saturated heterocycles. The van der Waals surface area contributed by atoms with E-state index in [1.807, 2.05) is 12.1 Å². The molecule has 0 fully saturated rings. The van der Waals surface area contributed by atoms with E-state index >= 15 is 0 Å². The monoisotopic (exact) mass is 288 g/mol. The van der Waals surface area contributed by atoms with Gasteiger partial charge in [-0.15, -0.1) is 0 Å². The van der Waals surface area contributed by atoms with E-state index in [2.05, 4.69) is 13.8 Å². The number of carbonyl (C=O) groups is 2. The molecule has 0 spiro atoms. The highest BCUT2D eigenvalue weighted by Crippen LogP contribution is 2.34. The van der Waals surface area contributed by atoms with E-state index in [4.69, 9.17) is 4.74 Å². The van der Waals surface area contributed by atoms with E-state index in [1.54, 1.807) is 6.07 Å². The Balaban J connectivity index is 2.21. The van der Waals surface area contributed by atoms with Gasteiger partial charge in [-0.2, -0.15) is 0 Å². The second-order valence-electron chi connectivity index (χ2n) is 5.78. The van der Waals surface area contributed by atoms with Gasteiger partial charge in [-0.25, -0.2) is 9.59 Å². The number of rotatable bonds is 8. The van der Waals surface area contributed by atoms with Crippen molar-refractivity contribution in [2.75, 3.05) is 0 Å². The predicted molar refractivity (Wildman–Crippen MR) is 82.6 cm³/mol. The number of hydrogen-bond donors (Lipinski definition) is 0. The average molecular weight is 288 g/mol. The second-order valence-corrected chi connectivity index (χ2v) is 5.78. The Kier molecular flexibility index (Phi) is 5.54. The molecule has 0 aliphatic carbocycles. The fourth-order valence-electron chi connectivity index (χ4n) is 3.12. The second kappa shape index (κ2) is 7.39. The van der Waals surface area contributed by atoms with E-state index in [0.29, 0.717) is 17.0 Å². The molecule has 1 atom stereocenters. The number of cyclic esters (lactones) is 2. The van der Waals surface area contributed by atoms with Crippen LogP contribution in [0.3, 0.4) is 0 Å². The molecule has 0 N–H and O–H groups in total. The summed E-state index contributed by atoms with van der Waals surface area (Å²) in [5.74, 6) is -0.626. The van der Waals surface area contributed by atoms with Gasteiger partial charge in [-0.1, -0.05) is 58.1 Å². The van der Waals surface area contributed by atoms with Crippen LogP contribution in [0.4, 0.5) is 0 Å². The zero-order valence-corrected chi connectivity index (χ0v) is 13.0. The topological polar surface area (TPSA) is 43.4 Å². The molecule has 0 radical (unpaired) electrons. The molecule has 1 aromatic rings. The Hall–Kier alpha value is -1.64. The maximum absolute atomic E-state index is 11.9. The lowest BCUT2D eigenvalue weighted by atomic mass is 9.85. The molecule has 1 heterocycles. The van der Waals surface area contributed by atoms with Gasteiger partial charge in [0.05, 0.1) is 11.1 Å². The van der Waals surface area contributed by atoms with Crippen molar-refractivity contribution in [1.29, 1.82) is 0 Å². The molecule has 3 heteroatoms. The summed E-state index contributed by atoms with van der Waals surface area (Å²) in [6, 6.07) is 5.54. The zero-order valence-electron chi connectivity index (χ0n) is 13.0. The largest absolute Gasteiger partial charge is 0.386 e. The third-order valence-corrected chi connectivity index (χ3v) is 4.19. The van der Waals surface area contributed by atoms with Gasteiger partial charge < -0.3 is 4.74 Å². The van der Waals surface area contributed by atoms with Crippen LogP contribution in [0.5, 0.6) is 0 Å². The van der Waals surface area contributed by atoms with Crippen molar-refractivity contribution in [3.63, 3.8) is 0 Å². The number of carbonyl (C=O) groups excluding carboxylic acids is 2. The predicted octanol–water partition coefficient (Wildman–Crippen LogP) is 4.85. The van der Waals surface area contributed by atoms with Gasteiger partial charge >= 0.3 is 11.9 Å². The normalized spacial score (nSPS) is 15.0. The van der Waals surface area contributed by atoms with Gasteiger partial charge in [0.1, 0.15) is 0 Å². The van der Waals surface area contributed by atoms with Crippen LogP contribution < -0.4 is 0 Å². The Morgan fingerprint density at radius 3 is 2.48 bits per heavy atom. The molecule has 0 saturated carbocycles. The van der Waals surface area contributed by atoms with Crippen LogP contribution in [0.2, 0.25) is 0 Å². The Bertz CT molecular complexity index is 519. The minimum atomic E-state index is -0.502. The molecule has 1 aliphatic heterocycles. The van der Waals surface area contributed by atoms with Crippen LogP contribution in [-0.2, 0) is 4.74 Å². The number of hydrogen-bond acceptors (Lipinski definition) is 3. The molecule has 1 aromatic carbocycles. The fraction of sp³-hybridized carbons (Fsp3) is 0.556. The van der Waals surface area contributed by atoms with Gasteiger partial charge in [-0.05, 0) is 30.4 Å². The molecule has 2 rings (SSSR count). The number of esters is 2. The maximum Gasteiger partial charge on any atom is 0.347 e. The molecular weight excluding hydrogens is 264 g/mol. The van der Waals surface area contributed by atoms with E-state index in [-0.39, 0.29) is 0 Å². The smallest absolute Gasteiger partial charge is 0.347 e. The number of ether oxygens (including phenoxy) is 1. The van der Waals surface area contributed by atoms with E-state index < -0.39 is 11.9 Å². The van der Waals surface area contributed by atoms with Crippen LogP contribution in [-0.4, -0.2) is 11.9 Å². The summed E-state index contributed by atoms with van der Waals surface area (Å²) in [5.41, 5.74) is 1.95. The summed E-state index contributed by atoms with van der Waals surface area (Å²) in [6.07, 6.45) is 8.08. The number of unbranched alkanes of at least 4 members (excludes halogenated alkanes) is 3. The van der Waals surface area contributed by atoms with Crippen molar-refractivity contribution in [3.05, 3.63) is 34.9 Å². The number of benzene rings is 1. The molecule has 1 aliphatic rings. The lowest BCUT2D eigenvalue weighted by Gasteiger charge is -2.18. The maximum atomic E-state index is 11.9. The minimum Gasteiger partial charge on any atom is -0.386 e. The molecule has 3 nitrogen and oxygen atoms in total. The van der Waals surface area contributed by atoms with Gasteiger partial charge in [0.15, 0.2) is 0 Å². The van der Waals surface area contributed by atoms with Crippen LogP contribution in [0.1, 0.15) is 91.0 Å². The Labute approximate surface area is 126 Å². The number of fused-ring (bicyclic) bond motifs is 1. The molecule has 1 unspecified atom stereocenters. The van der Waals surface area contributed by atoms with Crippen LogP contribution in [0, 0.1) is 0 Å². The summed E-state index contributed by atoms with van der Waals surface area (Å²) in [4.78, 5) is 23.6. The van der Waals surface area contributed by atoms with Crippen molar-refractivity contribution in [3.8, 4) is 0 Å². The van der Waals surface area contributed by atoms with E-state index in [9.17, 15) is 9.59 Å². The first-order valence-corrected chi connectivity index (χ1v) is 8.08. The molecule has 114 valence electrons. The highest BCUT2D eigenvalue weighted by molar-refractivity contribution is 6.15. The molecular formula is C18H24O3. The van der Waals surface area contributed by atoms with Crippen molar-refractivity contribution in [1.82, 2.24) is 0 Å². The van der Waals surface area contributed by atoms with Crippen LogP contribution in [0.15, 0.2) is 18.2 Å². The van der Waals surface area contributed by atoms with Gasteiger partial charge in [0.25, 0.3) is 0 Å². The third kappa shape index (κ3) is 3.52. The molecule has 21 heavy (non-hydrogen) atoms. The van der Waals surface area contributed by atoms with Gasteiger partial charge in [0.2, 0.25) is 0 Å².